The molecule has 0 saturated carbocycles. The van der Waals surface area contributed by atoms with Crippen LogP contribution in [0.5, 0.6) is 0 Å². The molecular weight excluding hydrogens is 317 g/mol. The fourth-order valence-corrected chi connectivity index (χ4v) is 3.77. The molecular formula is C20H26FN3O. The van der Waals surface area contributed by atoms with Gasteiger partial charge in [-0.25, -0.2) is 9.37 Å². The van der Waals surface area contributed by atoms with Crippen LogP contribution in [0.25, 0.3) is 0 Å². The van der Waals surface area contributed by atoms with Gasteiger partial charge in [0.25, 0.3) is 0 Å². The van der Waals surface area contributed by atoms with Crippen molar-refractivity contribution < 1.29 is 9.18 Å². The Balaban J connectivity index is 1.59. The first kappa shape index (κ1) is 17.6. The van der Waals surface area contributed by atoms with Crippen LogP contribution >= 0.6 is 0 Å². The Labute approximate surface area is 148 Å². The van der Waals surface area contributed by atoms with Crippen LogP contribution in [0, 0.1) is 18.7 Å². The quantitative estimate of drug-likeness (QED) is 0.833. The van der Waals surface area contributed by atoms with E-state index in [-0.39, 0.29) is 18.1 Å². The van der Waals surface area contributed by atoms with E-state index in [2.05, 4.69) is 30.3 Å². The van der Waals surface area contributed by atoms with Crippen molar-refractivity contribution in [3.63, 3.8) is 0 Å². The first-order chi connectivity index (χ1) is 11.9. The van der Waals surface area contributed by atoms with Gasteiger partial charge in [-0.05, 0) is 50.8 Å². The van der Waals surface area contributed by atoms with Crippen LogP contribution in [0.3, 0.4) is 0 Å². The molecule has 3 rings (SSSR count). The van der Waals surface area contributed by atoms with Crippen LogP contribution in [0.2, 0.25) is 0 Å². The van der Waals surface area contributed by atoms with Crippen LogP contribution in [-0.2, 0) is 17.6 Å². The average Bonchev–Trinajstić information content (AvgIpc) is 3.15. The van der Waals surface area contributed by atoms with Gasteiger partial charge in [0.15, 0.2) is 0 Å². The lowest BCUT2D eigenvalue weighted by Crippen LogP contribution is -2.30. The number of nitrogens with zero attached hydrogens (tertiary/aromatic N) is 3. The number of imidazole rings is 1. The maximum atomic E-state index is 13.3. The van der Waals surface area contributed by atoms with Gasteiger partial charge in [0.1, 0.15) is 11.6 Å². The number of carbonyl (C=O) groups excluding carboxylic acids is 1. The number of rotatable bonds is 5. The first-order valence-corrected chi connectivity index (χ1v) is 8.99. The van der Waals surface area contributed by atoms with Crippen LogP contribution in [0.15, 0.2) is 30.5 Å². The van der Waals surface area contributed by atoms with Gasteiger partial charge in [0.2, 0.25) is 5.91 Å². The second-order valence-electron chi connectivity index (χ2n) is 7.28. The number of halogens is 1. The Morgan fingerprint density at radius 2 is 2.20 bits per heavy atom. The number of carbonyl (C=O) groups is 1. The Bertz CT molecular complexity index is 753. The van der Waals surface area contributed by atoms with Gasteiger partial charge >= 0.3 is 0 Å². The maximum absolute atomic E-state index is 13.3. The Morgan fingerprint density at radius 1 is 1.40 bits per heavy atom. The lowest BCUT2D eigenvalue weighted by atomic mass is 10.0. The number of aryl methyl sites for hydroxylation is 1. The second kappa shape index (κ2) is 7.38. The zero-order valence-electron chi connectivity index (χ0n) is 15.2. The average molecular weight is 343 g/mol. The molecule has 0 bridgehead atoms. The summed E-state index contributed by atoms with van der Waals surface area (Å²) in [6.45, 7) is 7.96. The normalized spacial score (nSPS) is 17.5. The minimum Gasteiger partial charge on any atom is -0.342 e. The third-order valence-corrected chi connectivity index (χ3v) is 4.93. The van der Waals surface area contributed by atoms with Crippen LogP contribution in [-0.4, -0.2) is 33.4 Å². The lowest BCUT2D eigenvalue weighted by molar-refractivity contribution is -0.129. The Hall–Kier alpha value is -2.17. The molecule has 2 aromatic rings. The number of hydrogen-bond acceptors (Lipinski definition) is 2. The lowest BCUT2D eigenvalue weighted by Gasteiger charge is -2.18. The largest absolute Gasteiger partial charge is 0.342 e. The molecule has 0 spiro atoms. The summed E-state index contributed by atoms with van der Waals surface area (Å²) in [5.41, 5.74) is 1.92. The summed E-state index contributed by atoms with van der Waals surface area (Å²) in [7, 11) is 0. The second-order valence-corrected chi connectivity index (χ2v) is 7.28. The molecule has 1 aliphatic heterocycles. The van der Waals surface area contributed by atoms with E-state index in [1.165, 1.54) is 17.8 Å². The summed E-state index contributed by atoms with van der Waals surface area (Å²) < 4.78 is 15.5. The number of amides is 1. The minimum absolute atomic E-state index is 0.0801. The van der Waals surface area contributed by atoms with E-state index < -0.39 is 0 Å². The van der Waals surface area contributed by atoms with Crippen molar-refractivity contribution in [1.82, 2.24) is 14.5 Å². The standard InChI is InChI=1S/C20H26FN3O/c1-14(2)24-15(3)12-22-19(24)10-17-7-8-23(13-17)20(25)11-16-5-4-6-18(21)9-16/h4-6,9,12,14,17H,7-8,10-11,13H2,1-3H3. The van der Waals surface area contributed by atoms with E-state index in [0.717, 1.165) is 37.3 Å². The van der Waals surface area contributed by atoms with Gasteiger partial charge in [-0.1, -0.05) is 12.1 Å². The third-order valence-electron chi connectivity index (χ3n) is 4.93. The van der Waals surface area contributed by atoms with Gasteiger partial charge in [-0.15, -0.1) is 0 Å². The molecule has 0 aliphatic carbocycles. The molecule has 1 aromatic carbocycles. The van der Waals surface area contributed by atoms with Gasteiger partial charge in [0.05, 0.1) is 6.42 Å². The summed E-state index contributed by atoms with van der Waals surface area (Å²) in [5, 5.41) is 0. The highest BCUT2D eigenvalue weighted by Crippen LogP contribution is 2.23. The summed E-state index contributed by atoms with van der Waals surface area (Å²) in [5.74, 6) is 1.34. The zero-order chi connectivity index (χ0) is 18.0. The maximum Gasteiger partial charge on any atom is 0.227 e. The van der Waals surface area contributed by atoms with Gasteiger partial charge in [0, 0.05) is 37.4 Å². The predicted molar refractivity (Wildman–Crippen MR) is 95.8 cm³/mol. The molecule has 1 amide bonds. The minimum atomic E-state index is -0.291. The molecule has 1 aromatic heterocycles. The van der Waals surface area contributed by atoms with E-state index >= 15 is 0 Å². The van der Waals surface area contributed by atoms with Crippen molar-refractivity contribution in [2.75, 3.05) is 13.1 Å². The molecule has 1 atom stereocenters. The van der Waals surface area contributed by atoms with E-state index in [9.17, 15) is 9.18 Å². The van der Waals surface area contributed by atoms with E-state index in [4.69, 9.17) is 0 Å². The summed E-state index contributed by atoms with van der Waals surface area (Å²) in [6, 6.07) is 6.69. The fourth-order valence-electron chi connectivity index (χ4n) is 3.77. The van der Waals surface area contributed by atoms with Crippen molar-refractivity contribution in [2.45, 2.75) is 46.1 Å². The Kier molecular flexibility index (Phi) is 5.21. The van der Waals surface area contributed by atoms with Crippen molar-refractivity contribution in [3.8, 4) is 0 Å². The van der Waals surface area contributed by atoms with Crippen LogP contribution < -0.4 is 0 Å². The van der Waals surface area contributed by atoms with Gasteiger partial charge in [-0.3, -0.25) is 4.79 Å². The molecule has 5 heteroatoms. The highest BCUT2D eigenvalue weighted by Gasteiger charge is 2.27. The molecule has 25 heavy (non-hydrogen) atoms. The molecule has 1 fully saturated rings. The van der Waals surface area contributed by atoms with E-state index in [1.54, 1.807) is 12.1 Å². The zero-order valence-corrected chi connectivity index (χ0v) is 15.2. The molecule has 134 valence electrons. The summed E-state index contributed by atoms with van der Waals surface area (Å²) >= 11 is 0. The van der Waals surface area contributed by atoms with Crippen molar-refractivity contribution in [3.05, 3.63) is 53.4 Å². The highest BCUT2D eigenvalue weighted by molar-refractivity contribution is 5.79. The van der Waals surface area contributed by atoms with Crippen LogP contribution in [0.4, 0.5) is 4.39 Å². The predicted octanol–water partition coefficient (Wildman–Crippen LogP) is 3.55. The molecule has 2 heterocycles. The summed E-state index contributed by atoms with van der Waals surface area (Å²) in [6.07, 6.45) is 4.09. The SMILES string of the molecule is Cc1cnc(CC2CCN(C(=O)Cc3cccc(F)c3)C2)n1C(C)C. The monoisotopic (exact) mass is 343 g/mol. The first-order valence-electron chi connectivity index (χ1n) is 8.99. The highest BCUT2D eigenvalue weighted by atomic mass is 19.1. The van der Waals surface area contributed by atoms with Crippen molar-refractivity contribution >= 4 is 5.91 Å². The van der Waals surface area contributed by atoms with Gasteiger partial charge in [-0.2, -0.15) is 0 Å². The molecule has 4 nitrogen and oxygen atoms in total. The molecule has 1 aliphatic rings. The molecule has 0 radical (unpaired) electrons. The number of likely N-dealkylation sites (tertiary alicyclic amines) is 1. The topological polar surface area (TPSA) is 38.1 Å². The number of hydrogen-bond donors (Lipinski definition) is 0. The molecule has 1 saturated heterocycles. The molecule has 0 N–H and O–H groups in total. The number of aromatic nitrogens is 2. The number of benzene rings is 1. The van der Waals surface area contributed by atoms with Crippen molar-refractivity contribution in [2.24, 2.45) is 5.92 Å². The Morgan fingerprint density at radius 3 is 2.92 bits per heavy atom. The van der Waals surface area contributed by atoms with E-state index in [1.807, 2.05) is 11.1 Å². The third kappa shape index (κ3) is 4.09. The van der Waals surface area contributed by atoms with Gasteiger partial charge < -0.3 is 9.47 Å². The smallest absolute Gasteiger partial charge is 0.227 e. The molecule has 1 unspecified atom stereocenters. The van der Waals surface area contributed by atoms with Crippen molar-refractivity contribution in [1.29, 1.82) is 0 Å². The fraction of sp³-hybridized carbons (Fsp3) is 0.500. The van der Waals surface area contributed by atoms with Crippen LogP contribution in [0.1, 0.15) is 43.4 Å². The van der Waals surface area contributed by atoms with E-state index in [0.29, 0.717) is 12.0 Å². The summed E-state index contributed by atoms with van der Waals surface area (Å²) in [4.78, 5) is 19.0.